The van der Waals surface area contributed by atoms with Crippen LogP contribution in [0.4, 0.5) is 14.5 Å². The molecule has 3 aromatic rings. The highest BCUT2D eigenvalue weighted by molar-refractivity contribution is 7.15. The van der Waals surface area contributed by atoms with E-state index in [0.29, 0.717) is 21.7 Å². The summed E-state index contributed by atoms with van der Waals surface area (Å²) in [5, 5.41) is 12.5. The lowest BCUT2D eigenvalue weighted by Gasteiger charge is -2.24. The number of carboxylic acid groups (broad SMARTS) is 1. The van der Waals surface area contributed by atoms with E-state index in [1.165, 1.54) is 6.07 Å². The number of anilines is 1. The van der Waals surface area contributed by atoms with Gasteiger partial charge >= 0.3 is 5.97 Å². The Kier molecular flexibility index (Phi) is 4.47. The zero-order valence-electron chi connectivity index (χ0n) is 14.8. The minimum atomic E-state index is -1.12. The second-order valence-corrected chi connectivity index (χ2v) is 7.74. The van der Waals surface area contributed by atoms with Gasteiger partial charge in [0.2, 0.25) is 5.91 Å². The van der Waals surface area contributed by atoms with Crippen LogP contribution in [0.15, 0.2) is 42.5 Å². The Balaban J connectivity index is 1.94. The smallest absolute Gasteiger partial charge is 0.346 e. The fourth-order valence-corrected chi connectivity index (χ4v) is 4.71. The van der Waals surface area contributed by atoms with Crippen molar-refractivity contribution in [2.75, 3.05) is 5.32 Å². The lowest BCUT2D eigenvalue weighted by atomic mass is 9.88. The fourth-order valence-electron chi connectivity index (χ4n) is 3.47. The van der Waals surface area contributed by atoms with E-state index in [0.717, 1.165) is 29.0 Å². The highest BCUT2D eigenvalue weighted by Gasteiger charge is 2.35. The van der Waals surface area contributed by atoms with Crippen molar-refractivity contribution in [3.8, 4) is 11.1 Å². The first-order valence-electron chi connectivity index (χ1n) is 8.57. The number of rotatable bonds is 3. The monoisotopic (exact) mass is 399 g/mol. The molecule has 4 nitrogen and oxygen atoms in total. The summed E-state index contributed by atoms with van der Waals surface area (Å²) in [5.41, 5.74) is 2.64. The van der Waals surface area contributed by atoms with E-state index in [-0.39, 0.29) is 22.8 Å². The molecule has 1 atom stereocenters. The van der Waals surface area contributed by atoms with Gasteiger partial charge in [0, 0.05) is 28.8 Å². The van der Waals surface area contributed by atoms with Crippen LogP contribution in [0.1, 0.15) is 38.0 Å². The number of hydrogen-bond donors (Lipinski definition) is 2. The molecular weight excluding hydrogens is 384 g/mol. The van der Waals surface area contributed by atoms with Crippen molar-refractivity contribution < 1.29 is 23.5 Å². The molecule has 0 aliphatic carbocycles. The van der Waals surface area contributed by atoms with Gasteiger partial charge in [0.1, 0.15) is 16.5 Å². The molecule has 28 heavy (non-hydrogen) atoms. The van der Waals surface area contributed by atoms with Crippen LogP contribution in [0.5, 0.6) is 0 Å². The molecule has 0 radical (unpaired) electrons. The molecular formula is C21H15F2NO3S. The van der Waals surface area contributed by atoms with Gasteiger partial charge in [-0.2, -0.15) is 0 Å². The number of benzene rings is 2. The number of fused-ring (bicyclic) bond motifs is 1. The summed E-state index contributed by atoms with van der Waals surface area (Å²) in [4.78, 5) is 24.9. The molecule has 0 saturated heterocycles. The number of hydrogen-bond acceptors (Lipinski definition) is 3. The van der Waals surface area contributed by atoms with Gasteiger partial charge in [0.15, 0.2) is 0 Å². The molecule has 2 heterocycles. The topological polar surface area (TPSA) is 66.4 Å². The van der Waals surface area contributed by atoms with E-state index in [4.69, 9.17) is 0 Å². The Morgan fingerprint density at radius 2 is 1.89 bits per heavy atom. The van der Waals surface area contributed by atoms with Crippen LogP contribution in [0.25, 0.3) is 11.1 Å². The van der Waals surface area contributed by atoms with Gasteiger partial charge < -0.3 is 10.4 Å². The maximum atomic E-state index is 14.4. The van der Waals surface area contributed by atoms with Gasteiger partial charge in [-0.3, -0.25) is 4.79 Å². The van der Waals surface area contributed by atoms with E-state index in [2.05, 4.69) is 5.32 Å². The standard InChI is InChI=1S/C21H15F2NO3S/c1-10-2-4-11(5-3-10)17-18-19(28-20(17)21(26)27)14(9-16(25)24-18)13-7-6-12(22)8-15(13)23/h2-8,14H,9H2,1H3,(H,24,25)(H,26,27)/t14-/m1/s1. The maximum Gasteiger partial charge on any atom is 0.346 e. The Bertz CT molecular complexity index is 1110. The molecule has 142 valence electrons. The van der Waals surface area contributed by atoms with Crippen LogP contribution in [0.3, 0.4) is 0 Å². The minimum absolute atomic E-state index is 0.0392. The summed E-state index contributed by atoms with van der Waals surface area (Å²) in [7, 11) is 0. The van der Waals surface area contributed by atoms with Gasteiger partial charge in [-0.25, -0.2) is 13.6 Å². The summed E-state index contributed by atoms with van der Waals surface area (Å²) in [6, 6.07) is 10.5. The zero-order valence-corrected chi connectivity index (χ0v) is 15.6. The average Bonchev–Trinajstić information content (AvgIpc) is 3.01. The Hall–Kier alpha value is -3.06. The van der Waals surface area contributed by atoms with E-state index in [1.54, 1.807) is 12.1 Å². The minimum Gasteiger partial charge on any atom is -0.477 e. The molecule has 1 amide bonds. The number of carbonyl (C=O) groups is 2. The molecule has 1 aromatic heterocycles. The van der Waals surface area contributed by atoms with Gasteiger partial charge in [-0.15, -0.1) is 11.3 Å². The molecule has 0 fully saturated rings. The van der Waals surface area contributed by atoms with Crippen molar-refractivity contribution in [3.63, 3.8) is 0 Å². The average molecular weight is 399 g/mol. The van der Waals surface area contributed by atoms with Gasteiger partial charge in [0.05, 0.1) is 5.69 Å². The van der Waals surface area contributed by atoms with Gasteiger partial charge in [-0.05, 0) is 24.1 Å². The van der Waals surface area contributed by atoms with Crippen molar-refractivity contribution in [1.29, 1.82) is 0 Å². The quantitative estimate of drug-likeness (QED) is 0.638. The van der Waals surface area contributed by atoms with Crippen LogP contribution in [0, 0.1) is 18.6 Å². The summed E-state index contributed by atoms with van der Waals surface area (Å²) in [6.07, 6.45) is -0.0392. The van der Waals surface area contributed by atoms with Crippen molar-refractivity contribution >= 4 is 28.9 Å². The Labute approximate surface area is 163 Å². The molecule has 0 bridgehead atoms. The first kappa shape index (κ1) is 18.3. The highest BCUT2D eigenvalue weighted by atomic mass is 32.1. The molecule has 2 N–H and O–H groups in total. The molecule has 0 saturated carbocycles. The van der Waals surface area contributed by atoms with Crippen LogP contribution in [-0.2, 0) is 4.79 Å². The SMILES string of the molecule is Cc1ccc(-c2c(C(=O)O)sc3c2NC(=O)C[C@@H]3c2ccc(F)cc2F)cc1. The molecule has 0 spiro atoms. The lowest BCUT2D eigenvalue weighted by molar-refractivity contribution is -0.116. The van der Waals surface area contributed by atoms with Gasteiger partial charge in [-0.1, -0.05) is 35.9 Å². The van der Waals surface area contributed by atoms with Crippen molar-refractivity contribution in [3.05, 3.63) is 75.0 Å². The second kappa shape index (κ2) is 6.83. The fraction of sp³-hybridized carbons (Fsp3) is 0.143. The van der Waals surface area contributed by atoms with Crippen molar-refractivity contribution in [2.24, 2.45) is 0 Å². The second-order valence-electron chi connectivity index (χ2n) is 6.69. The molecule has 1 aliphatic rings. The first-order valence-corrected chi connectivity index (χ1v) is 9.38. The molecule has 0 unspecified atom stereocenters. The number of carbonyl (C=O) groups excluding carboxylic acids is 1. The van der Waals surface area contributed by atoms with E-state index < -0.39 is 23.5 Å². The number of nitrogens with one attached hydrogen (secondary N) is 1. The third-order valence-corrected chi connectivity index (χ3v) is 6.07. The Morgan fingerprint density at radius 1 is 1.18 bits per heavy atom. The largest absolute Gasteiger partial charge is 0.477 e. The number of halogens is 2. The first-order chi connectivity index (χ1) is 13.3. The van der Waals surface area contributed by atoms with Crippen LogP contribution < -0.4 is 5.32 Å². The third kappa shape index (κ3) is 3.07. The van der Waals surface area contributed by atoms with Crippen molar-refractivity contribution in [1.82, 2.24) is 0 Å². The van der Waals surface area contributed by atoms with Crippen LogP contribution >= 0.6 is 11.3 Å². The third-order valence-electron chi connectivity index (χ3n) is 4.78. The number of thiophene rings is 1. The molecule has 1 aliphatic heterocycles. The summed E-state index contributed by atoms with van der Waals surface area (Å²) < 4.78 is 27.7. The molecule has 4 rings (SSSR count). The van der Waals surface area contributed by atoms with E-state index in [1.807, 2.05) is 19.1 Å². The van der Waals surface area contributed by atoms with Crippen LogP contribution in [0.2, 0.25) is 0 Å². The lowest BCUT2D eigenvalue weighted by Crippen LogP contribution is -2.23. The predicted molar refractivity (Wildman–Crippen MR) is 103 cm³/mol. The summed E-state index contributed by atoms with van der Waals surface area (Å²) in [6.45, 7) is 1.92. The molecule has 2 aromatic carbocycles. The number of carboxylic acids is 1. The maximum absolute atomic E-state index is 14.4. The predicted octanol–water partition coefficient (Wildman–Crippen LogP) is 5.17. The number of aromatic carboxylic acids is 1. The Morgan fingerprint density at radius 3 is 2.54 bits per heavy atom. The zero-order chi connectivity index (χ0) is 20.0. The molecule has 7 heteroatoms. The highest BCUT2D eigenvalue weighted by Crippen LogP contribution is 2.49. The number of aryl methyl sites for hydroxylation is 1. The summed E-state index contributed by atoms with van der Waals surface area (Å²) in [5.74, 6) is -3.61. The summed E-state index contributed by atoms with van der Waals surface area (Å²) >= 11 is 1.01. The normalized spacial score (nSPS) is 15.8. The number of amides is 1. The van der Waals surface area contributed by atoms with E-state index in [9.17, 15) is 23.5 Å². The van der Waals surface area contributed by atoms with Gasteiger partial charge in [0.25, 0.3) is 0 Å². The van der Waals surface area contributed by atoms with E-state index >= 15 is 0 Å². The van der Waals surface area contributed by atoms with Crippen LogP contribution in [-0.4, -0.2) is 17.0 Å². The van der Waals surface area contributed by atoms with Crippen molar-refractivity contribution in [2.45, 2.75) is 19.3 Å².